The van der Waals surface area contributed by atoms with E-state index in [9.17, 15) is 4.79 Å². The quantitative estimate of drug-likeness (QED) is 0.640. The highest BCUT2D eigenvalue weighted by Crippen LogP contribution is 2.29. The number of hydrogen-bond acceptors (Lipinski definition) is 4. The monoisotopic (exact) mass is 427 g/mol. The molecule has 6 nitrogen and oxygen atoms in total. The van der Waals surface area contributed by atoms with Gasteiger partial charge in [0.15, 0.2) is 5.60 Å². The zero-order valence-electron chi connectivity index (χ0n) is 17.2. The molecule has 0 aliphatic carbocycles. The summed E-state index contributed by atoms with van der Waals surface area (Å²) in [6, 6.07) is 15.7. The molecular formula is C23H26ClN3O3. The van der Waals surface area contributed by atoms with Crippen LogP contribution in [-0.2, 0) is 16.1 Å². The van der Waals surface area contributed by atoms with Crippen LogP contribution in [0, 0.1) is 0 Å². The first kappa shape index (κ1) is 20.7. The molecule has 158 valence electrons. The van der Waals surface area contributed by atoms with Gasteiger partial charge in [0.2, 0.25) is 5.88 Å². The molecule has 0 radical (unpaired) electrons. The highest BCUT2D eigenvalue weighted by molar-refractivity contribution is 6.30. The second kappa shape index (κ2) is 8.66. The zero-order chi connectivity index (χ0) is 21.1. The Morgan fingerprint density at radius 2 is 2.00 bits per heavy atom. The average molecular weight is 428 g/mol. The molecule has 0 spiro atoms. The average Bonchev–Trinajstić information content (AvgIpc) is 3.05. The molecule has 1 aliphatic rings. The second-order valence-corrected chi connectivity index (χ2v) is 8.52. The predicted molar refractivity (Wildman–Crippen MR) is 117 cm³/mol. The Bertz CT molecular complexity index is 1040. The molecule has 2 heterocycles. The zero-order valence-corrected chi connectivity index (χ0v) is 18.0. The van der Waals surface area contributed by atoms with Crippen molar-refractivity contribution in [1.82, 2.24) is 15.1 Å². The summed E-state index contributed by atoms with van der Waals surface area (Å²) >= 11 is 6.13. The highest BCUT2D eigenvalue weighted by Gasteiger charge is 2.33. The standard InChI is InChI=1S/C23H26ClN3O3/c1-23(2,22(28)25-18-10-12-29-13-11-18)30-21-19-8-3-4-9-20(19)27(26-21)15-16-6-5-7-17(24)14-16/h3-9,14,18H,10-13,15H2,1-2H3,(H,25,28). The predicted octanol–water partition coefficient (Wildman–Crippen LogP) is 4.19. The van der Waals surface area contributed by atoms with Crippen LogP contribution in [0.1, 0.15) is 32.3 Å². The number of rotatable bonds is 6. The van der Waals surface area contributed by atoms with Crippen molar-refractivity contribution in [3.8, 4) is 5.88 Å². The van der Waals surface area contributed by atoms with Crippen LogP contribution in [0.3, 0.4) is 0 Å². The summed E-state index contributed by atoms with van der Waals surface area (Å²) in [6.45, 7) is 5.44. The van der Waals surface area contributed by atoms with Crippen LogP contribution in [-0.4, -0.2) is 40.5 Å². The van der Waals surface area contributed by atoms with Crippen molar-refractivity contribution in [2.24, 2.45) is 0 Å². The smallest absolute Gasteiger partial charge is 0.263 e. The number of nitrogens with zero attached hydrogens (tertiary/aromatic N) is 2. The molecule has 1 aliphatic heterocycles. The number of para-hydroxylation sites is 1. The largest absolute Gasteiger partial charge is 0.460 e. The van der Waals surface area contributed by atoms with E-state index in [1.165, 1.54) is 0 Å². The van der Waals surface area contributed by atoms with Crippen LogP contribution in [0.5, 0.6) is 5.88 Å². The van der Waals surface area contributed by atoms with Gasteiger partial charge in [0.05, 0.1) is 17.4 Å². The lowest BCUT2D eigenvalue weighted by Crippen LogP contribution is -2.51. The molecule has 1 fully saturated rings. The first-order valence-electron chi connectivity index (χ1n) is 10.2. The van der Waals surface area contributed by atoms with Crippen LogP contribution < -0.4 is 10.1 Å². The number of halogens is 1. The molecule has 0 unspecified atom stereocenters. The molecule has 0 bridgehead atoms. The van der Waals surface area contributed by atoms with Crippen molar-refractivity contribution in [3.05, 3.63) is 59.1 Å². The summed E-state index contributed by atoms with van der Waals surface area (Å²) in [4.78, 5) is 12.9. The van der Waals surface area contributed by atoms with Crippen LogP contribution >= 0.6 is 11.6 Å². The summed E-state index contributed by atoms with van der Waals surface area (Å²) in [5.41, 5.74) is 0.919. The maximum atomic E-state index is 12.9. The third-order valence-electron chi connectivity index (χ3n) is 5.30. The molecule has 4 rings (SSSR count). The fourth-order valence-electron chi connectivity index (χ4n) is 3.59. The van der Waals surface area contributed by atoms with E-state index >= 15 is 0 Å². The third-order valence-corrected chi connectivity index (χ3v) is 5.54. The van der Waals surface area contributed by atoms with E-state index in [4.69, 9.17) is 21.1 Å². The molecule has 1 amide bonds. The minimum Gasteiger partial charge on any atom is -0.460 e. The number of amides is 1. The van der Waals surface area contributed by atoms with Crippen molar-refractivity contribution in [3.63, 3.8) is 0 Å². The lowest BCUT2D eigenvalue weighted by molar-refractivity contribution is -0.135. The summed E-state index contributed by atoms with van der Waals surface area (Å²) in [5, 5.41) is 9.32. The summed E-state index contributed by atoms with van der Waals surface area (Å²) < 4.78 is 13.4. The van der Waals surface area contributed by atoms with Crippen LogP contribution in [0.15, 0.2) is 48.5 Å². The first-order valence-corrected chi connectivity index (χ1v) is 10.6. The number of carbonyl (C=O) groups is 1. The van der Waals surface area contributed by atoms with Gasteiger partial charge >= 0.3 is 0 Å². The van der Waals surface area contributed by atoms with Gasteiger partial charge in [-0.15, -0.1) is 5.10 Å². The number of nitrogens with one attached hydrogen (secondary N) is 1. The molecule has 1 saturated heterocycles. The lowest BCUT2D eigenvalue weighted by atomic mass is 10.1. The third kappa shape index (κ3) is 4.60. The molecule has 3 aromatic rings. The van der Waals surface area contributed by atoms with Crippen molar-refractivity contribution in [2.75, 3.05) is 13.2 Å². The number of ether oxygens (including phenoxy) is 2. The van der Waals surface area contributed by atoms with Crippen LogP contribution in [0.25, 0.3) is 10.9 Å². The first-order chi connectivity index (χ1) is 14.4. The second-order valence-electron chi connectivity index (χ2n) is 8.08. The minimum atomic E-state index is -1.06. The Labute approximate surface area is 181 Å². The molecule has 2 aromatic carbocycles. The van der Waals surface area contributed by atoms with E-state index in [0.717, 1.165) is 29.3 Å². The Kier molecular flexibility index (Phi) is 5.97. The van der Waals surface area contributed by atoms with Gasteiger partial charge in [0.1, 0.15) is 0 Å². The highest BCUT2D eigenvalue weighted by atomic mass is 35.5. The fraction of sp³-hybridized carbons (Fsp3) is 0.391. The van der Waals surface area contributed by atoms with Gasteiger partial charge in [-0.05, 0) is 56.5 Å². The van der Waals surface area contributed by atoms with E-state index in [-0.39, 0.29) is 11.9 Å². The number of fused-ring (bicyclic) bond motifs is 1. The number of carbonyl (C=O) groups excluding carboxylic acids is 1. The summed E-state index contributed by atoms with van der Waals surface area (Å²) in [5.74, 6) is 0.294. The van der Waals surface area contributed by atoms with Crippen molar-refractivity contribution >= 4 is 28.4 Å². The lowest BCUT2D eigenvalue weighted by Gasteiger charge is -2.29. The fourth-order valence-corrected chi connectivity index (χ4v) is 3.80. The normalized spacial score (nSPS) is 15.3. The van der Waals surface area contributed by atoms with Crippen molar-refractivity contribution in [2.45, 2.75) is 44.9 Å². The Hall–Kier alpha value is -2.57. The van der Waals surface area contributed by atoms with E-state index in [2.05, 4.69) is 10.4 Å². The minimum absolute atomic E-state index is 0.117. The number of benzene rings is 2. The maximum Gasteiger partial charge on any atom is 0.263 e. The number of aromatic nitrogens is 2. The van der Waals surface area contributed by atoms with Crippen LogP contribution in [0.4, 0.5) is 0 Å². The molecule has 7 heteroatoms. The number of hydrogen-bond donors (Lipinski definition) is 1. The van der Waals surface area contributed by atoms with Crippen molar-refractivity contribution < 1.29 is 14.3 Å². The molecule has 0 atom stereocenters. The van der Waals surface area contributed by atoms with E-state index in [0.29, 0.717) is 30.7 Å². The molecule has 0 saturated carbocycles. The Morgan fingerprint density at radius 1 is 1.23 bits per heavy atom. The summed E-state index contributed by atoms with van der Waals surface area (Å²) in [7, 11) is 0. The molecular weight excluding hydrogens is 402 g/mol. The van der Waals surface area contributed by atoms with Gasteiger partial charge in [-0.25, -0.2) is 0 Å². The van der Waals surface area contributed by atoms with Crippen molar-refractivity contribution in [1.29, 1.82) is 0 Å². The van der Waals surface area contributed by atoms with E-state index < -0.39 is 5.60 Å². The van der Waals surface area contributed by atoms with E-state index in [1.54, 1.807) is 13.8 Å². The Balaban J connectivity index is 1.56. The molecule has 30 heavy (non-hydrogen) atoms. The SMILES string of the molecule is CC(C)(Oc1nn(Cc2cccc(Cl)c2)c2ccccc12)C(=O)NC1CCOCC1. The van der Waals surface area contributed by atoms with Gasteiger partial charge in [0, 0.05) is 24.3 Å². The Morgan fingerprint density at radius 3 is 2.77 bits per heavy atom. The summed E-state index contributed by atoms with van der Waals surface area (Å²) in [6.07, 6.45) is 1.64. The topological polar surface area (TPSA) is 65.4 Å². The van der Waals surface area contributed by atoms with Gasteiger partial charge < -0.3 is 14.8 Å². The van der Waals surface area contributed by atoms with Gasteiger partial charge in [0.25, 0.3) is 5.91 Å². The van der Waals surface area contributed by atoms with E-state index in [1.807, 2.05) is 53.2 Å². The molecule has 1 aromatic heterocycles. The molecule has 1 N–H and O–H groups in total. The van der Waals surface area contributed by atoms with Gasteiger partial charge in [-0.2, -0.15) is 0 Å². The van der Waals surface area contributed by atoms with Gasteiger partial charge in [-0.1, -0.05) is 35.9 Å². The van der Waals surface area contributed by atoms with Gasteiger partial charge in [-0.3, -0.25) is 9.48 Å². The van der Waals surface area contributed by atoms with Crippen LogP contribution in [0.2, 0.25) is 5.02 Å². The maximum absolute atomic E-state index is 12.9.